The summed E-state index contributed by atoms with van der Waals surface area (Å²) in [4.78, 5) is 2.46. The number of rotatable bonds is 3. The van der Waals surface area contributed by atoms with Gasteiger partial charge in [0.25, 0.3) is 0 Å². The smallest absolute Gasteiger partial charge is 0.00411 e. The van der Waals surface area contributed by atoms with Gasteiger partial charge in [0.15, 0.2) is 0 Å². The zero-order valence-electron chi connectivity index (χ0n) is 11.6. The van der Waals surface area contributed by atoms with Gasteiger partial charge in [0.2, 0.25) is 0 Å². The van der Waals surface area contributed by atoms with E-state index in [1.54, 1.807) is 0 Å². The molecule has 1 aliphatic carbocycles. The van der Waals surface area contributed by atoms with Crippen LogP contribution in [0.5, 0.6) is 0 Å². The summed E-state index contributed by atoms with van der Waals surface area (Å²) >= 11 is 0. The minimum absolute atomic E-state index is 0.690. The van der Waals surface area contributed by atoms with Crippen molar-refractivity contribution in [2.75, 3.05) is 6.54 Å². The average Bonchev–Trinajstić information content (AvgIpc) is 2.21. The Morgan fingerprint density at radius 3 is 1.07 bits per heavy atom. The minimum atomic E-state index is 0.690. The molecule has 1 nitrogen and oxygen atoms in total. The third-order valence-electron chi connectivity index (χ3n) is 3.19. The molecule has 0 unspecified atom stereocenters. The molecule has 1 rings (SSSR count). The van der Waals surface area contributed by atoms with Crippen molar-refractivity contribution in [2.24, 2.45) is 0 Å². The van der Waals surface area contributed by atoms with Gasteiger partial charge in [-0.2, -0.15) is 0 Å². The number of nitrogens with zero attached hydrogens (tertiary/aromatic N) is 1. The molecule has 0 N–H and O–H groups in total. The highest BCUT2D eigenvalue weighted by atomic mass is 15.2. The average molecular weight is 213 g/mol. The number of hydrogen-bond acceptors (Lipinski definition) is 1. The third-order valence-corrected chi connectivity index (χ3v) is 3.19. The second-order valence-electron chi connectivity index (χ2n) is 5.14. The highest BCUT2D eigenvalue weighted by Crippen LogP contribution is 2.15. The van der Waals surface area contributed by atoms with Crippen molar-refractivity contribution in [1.82, 2.24) is 4.90 Å². The van der Waals surface area contributed by atoms with E-state index >= 15 is 0 Å². The molecule has 0 amide bonds. The third kappa shape index (κ3) is 7.84. The SMILES string of the molecule is C1CCCCC1.CCN(C(C)C)C(C)C. The Labute approximate surface area is 97.2 Å². The summed E-state index contributed by atoms with van der Waals surface area (Å²) in [5, 5.41) is 0. The van der Waals surface area contributed by atoms with Crippen molar-refractivity contribution in [2.45, 2.75) is 85.2 Å². The van der Waals surface area contributed by atoms with Gasteiger partial charge in [-0.25, -0.2) is 0 Å². The molecule has 0 aromatic heterocycles. The predicted molar refractivity (Wildman–Crippen MR) is 70.4 cm³/mol. The summed E-state index contributed by atoms with van der Waals surface area (Å²) in [6.07, 6.45) is 9.00. The fraction of sp³-hybridized carbons (Fsp3) is 1.00. The molecule has 0 heterocycles. The first-order valence-corrected chi connectivity index (χ1v) is 6.85. The molecule has 0 bridgehead atoms. The van der Waals surface area contributed by atoms with E-state index in [0.717, 1.165) is 6.54 Å². The fourth-order valence-corrected chi connectivity index (χ4v) is 2.39. The minimum Gasteiger partial charge on any atom is -0.299 e. The Hall–Kier alpha value is -0.0400. The van der Waals surface area contributed by atoms with Crippen molar-refractivity contribution >= 4 is 0 Å². The molecule has 0 aromatic carbocycles. The van der Waals surface area contributed by atoms with Gasteiger partial charge < -0.3 is 0 Å². The van der Waals surface area contributed by atoms with E-state index in [1.807, 2.05) is 0 Å². The molecule has 1 saturated carbocycles. The lowest BCUT2D eigenvalue weighted by molar-refractivity contribution is 0.185. The first-order chi connectivity index (χ1) is 7.09. The molecule has 1 fully saturated rings. The lowest BCUT2D eigenvalue weighted by atomic mass is 10.0. The summed E-state index contributed by atoms with van der Waals surface area (Å²) in [5.74, 6) is 0. The van der Waals surface area contributed by atoms with Crippen LogP contribution in [0.25, 0.3) is 0 Å². The Balaban J connectivity index is 0.000000280. The van der Waals surface area contributed by atoms with Crippen LogP contribution in [0.4, 0.5) is 0 Å². The van der Waals surface area contributed by atoms with Crippen molar-refractivity contribution in [3.8, 4) is 0 Å². The zero-order valence-corrected chi connectivity index (χ0v) is 11.6. The van der Waals surface area contributed by atoms with E-state index in [0.29, 0.717) is 12.1 Å². The molecule has 0 saturated heterocycles. The summed E-state index contributed by atoms with van der Waals surface area (Å²) in [7, 11) is 0. The standard InChI is InChI=1S/C8H19N.C6H12/c1-6-9(7(2)3)8(4)5;1-2-4-6-5-3-1/h7-8H,6H2,1-5H3;1-6H2. The van der Waals surface area contributed by atoms with Crippen molar-refractivity contribution in [3.05, 3.63) is 0 Å². The first kappa shape index (κ1) is 15.0. The van der Waals surface area contributed by atoms with Crippen LogP contribution in [0.15, 0.2) is 0 Å². The Morgan fingerprint density at radius 2 is 1.00 bits per heavy atom. The monoisotopic (exact) mass is 213 g/mol. The maximum atomic E-state index is 2.46. The molecule has 0 aromatic rings. The van der Waals surface area contributed by atoms with E-state index < -0.39 is 0 Å². The van der Waals surface area contributed by atoms with Gasteiger partial charge in [-0.3, -0.25) is 4.90 Å². The van der Waals surface area contributed by atoms with E-state index in [-0.39, 0.29) is 0 Å². The predicted octanol–water partition coefficient (Wildman–Crippen LogP) is 4.47. The summed E-state index contributed by atoms with van der Waals surface area (Å²) in [6, 6.07) is 1.38. The van der Waals surface area contributed by atoms with Crippen LogP contribution < -0.4 is 0 Å². The molecule has 0 aliphatic heterocycles. The van der Waals surface area contributed by atoms with Crippen LogP contribution in [0, 0.1) is 0 Å². The van der Waals surface area contributed by atoms with Gasteiger partial charge in [0.05, 0.1) is 0 Å². The highest BCUT2D eigenvalue weighted by molar-refractivity contribution is 4.64. The molecule has 1 heteroatoms. The quantitative estimate of drug-likeness (QED) is 0.669. The lowest BCUT2D eigenvalue weighted by Gasteiger charge is -2.28. The molecule has 1 aliphatic rings. The van der Waals surface area contributed by atoms with Crippen LogP contribution in [-0.4, -0.2) is 23.5 Å². The molecular weight excluding hydrogens is 182 g/mol. The summed E-state index contributed by atoms with van der Waals surface area (Å²) in [5.41, 5.74) is 0. The second-order valence-corrected chi connectivity index (χ2v) is 5.14. The van der Waals surface area contributed by atoms with Gasteiger partial charge in [0, 0.05) is 12.1 Å². The van der Waals surface area contributed by atoms with Gasteiger partial charge in [-0.05, 0) is 34.2 Å². The highest BCUT2D eigenvalue weighted by Gasteiger charge is 2.08. The van der Waals surface area contributed by atoms with Crippen molar-refractivity contribution < 1.29 is 0 Å². The van der Waals surface area contributed by atoms with Gasteiger partial charge in [-0.1, -0.05) is 45.4 Å². The summed E-state index contributed by atoms with van der Waals surface area (Å²) < 4.78 is 0. The Kier molecular flexibility index (Phi) is 9.18. The summed E-state index contributed by atoms with van der Waals surface area (Å²) in [6.45, 7) is 12.3. The first-order valence-electron chi connectivity index (χ1n) is 6.85. The lowest BCUT2D eigenvalue weighted by Crippen LogP contribution is -2.36. The van der Waals surface area contributed by atoms with Crippen LogP contribution in [0.2, 0.25) is 0 Å². The molecule has 92 valence electrons. The molecule has 0 radical (unpaired) electrons. The van der Waals surface area contributed by atoms with Crippen LogP contribution >= 0.6 is 0 Å². The normalized spacial score (nSPS) is 16.8. The van der Waals surface area contributed by atoms with E-state index in [4.69, 9.17) is 0 Å². The van der Waals surface area contributed by atoms with E-state index in [1.165, 1.54) is 38.5 Å². The van der Waals surface area contributed by atoms with Gasteiger partial charge in [0.1, 0.15) is 0 Å². The topological polar surface area (TPSA) is 3.24 Å². The van der Waals surface area contributed by atoms with Gasteiger partial charge >= 0.3 is 0 Å². The Morgan fingerprint density at radius 1 is 0.733 bits per heavy atom. The molecular formula is C14H31N. The Bertz CT molecular complexity index is 106. The molecule has 15 heavy (non-hydrogen) atoms. The molecule has 0 atom stereocenters. The van der Waals surface area contributed by atoms with Crippen LogP contribution in [0.1, 0.15) is 73.1 Å². The van der Waals surface area contributed by atoms with Gasteiger partial charge in [-0.15, -0.1) is 0 Å². The van der Waals surface area contributed by atoms with E-state index in [9.17, 15) is 0 Å². The van der Waals surface area contributed by atoms with Crippen molar-refractivity contribution in [3.63, 3.8) is 0 Å². The fourth-order valence-electron chi connectivity index (χ4n) is 2.39. The van der Waals surface area contributed by atoms with Crippen molar-refractivity contribution in [1.29, 1.82) is 0 Å². The zero-order chi connectivity index (χ0) is 11.7. The maximum absolute atomic E-state index is 2.46. The number of hydrogen-bond donors (Lipinski definition) is 0. The second kappa shape index (κ2) is 9.21. The van der Waals surface area contributed by atoms with Crippen LogP contribution in [0.3, 0.4) is 0 Å². The largest absolute Gasteiger partial charge is 0.299 e. The maximum Gasteiger partial charge on any atom is 0.00411 e. The molecule has 0 spiro atoms. The van der Waals surface area contributed by atoms with E-state index in [2.05, 4.69) is 39.5 Å². The van der Waals surface area contributed by atoms with Crippen LogP contribution in [-0.2, 0) is 0 Å².